The summed E-state index contributed by atoms with van der Waals surface area (Å²) < 4.78 is 26.0. The molecule has 82 valence electrons. The van der Waals surface area contributed by atoms with Crippen LogP contribution >= 0.6 is 0 Å². The predicted molar refractivity (Wildman–Crippen MR) is 56.6 cm³/mol. The van der Waals surface area contributed by atoms with E-state index < -0.39 is 11.6 Å². The van der Waals surface area contributed by atoms with Gasteiger partial charge in [0.25, 0.3) is 0 Å². The second-order valence-corrected chi connectivity index (χ2v) is 4.23. The van der Waals surface area contributed by atoms with E-state index in [0.717, 1.165) is 37.3 Å². The smallest absolute Gasteiger partial charge is 0.160 e. The Balaban J connectivity index is 2.30. The normalized spacial score (nSPS) is 18.0. The van der Waals surface area contributed by atoms with Crippen LogP contribution in [-0.4, -0.2) is 0 Å². The van der Waals surface area contributed by atoms with Crippen LogP contribution in [0.3, 0.4) is 0 Å². The number of anilines is 1. The minimum Gasteiger partial charge on any atom is -0.398 e. The first-order valence-electron chi connectivity index (χ1n) is 5.43. The Labute approximate surface area is 88.3 Å². The monoisotopic (exact) mass is 211 g/mol. The van der Waals surface area contributed by atoms with E-state index in [1.807, 2.05) is 0 Å². The van der Waals surface area contributed by atoms with Crippen molar-refractivity contribution in [3.63, 3.8) is 0 Å². The van der Waals surface area contributed by atoms with Gasteiger partial charge in [-0.15, -0.1) is 0 Å². The van der Waals surface area contributed by atoms with Crippen LogP contribution in [-0.2, 0) is 0 Å². The summed E-state index contributed by atoms with van der Waals surface area (Å²) >= 11 is 0. The molecule has 0 unspecified atom stereocenters. The lowest BCUT2D eigenvalue weighted by molar-refractivity contribution is 0.440. The van der Waals surface area contributed by atoms with Crippen LogP contribution in [0, 0.1) is 11.6 Å². The van der Waals surface area contributed by atoms with Gasteiger partial charge in [0.15, 0.2) is 11.6 Å². The molecular weight excluding hydrogens is 196 g/mol. The number of rotatable bonds is 1. The average Bonchev–Trinajstić information content (AvgIpc) is 2.25. The highest BCUT2D eigenvalue weighted by atomic mass is 19.2. The molecule has 0 aromatic heterocycles. The Morgan fingerprint density at radius 3 is 2.27 bits per heavy atom. The van der Waals surface area contributed by atoms with Crippen molar-refractivity contribution in [1.82, 2.24) is 0 Å². The number of hydrogen-bond donors (Lipinski definition) is 1. The van der Waals surface area contributed by atoms with E-state index >= 15 is 0 Å². The van der Waals surface area contributed by atoms with E-state index in [-0.39, 0.29) is 0 Å². The number of hydrogen-bond acceptors (Lipinski definition) is 1. The van der Waals surface area contributed by atoms with Gasteiger partial charge in [0, 0.05) is 11.8 Å². The van der Waals surface area contributed by atoms with Crippen LogP contribution in [0.25, 0.3) is 0 Å². The van der Waals surface area contributed by atoms with E-state index in [1.165, 1.54) is 12.5 Å². The highest BCUT2D eigenvalue weighted by Gasteiger charge is 2.19. The van der Waals surface area contributed by atoms with Gasteiger partial charge in [-0.2, -0.15) is 0 Å². The molecule has 2 rings (SSSR count). The lowest BCUT2D eigenvalue weighted by Gasteiger charge is -2.23. The molecule has 0 radical (unpaired) electrons. The molecule has 1 aliphatic rings. The molecule has 1 saturated carbocycles. The van der Waals surface area contributed by atoms with Crippen LogP contribution in [0.5, 0.6) is 0 Å². The third-order valence-electron chi connectivity index (χ3n) is 3.17. The van der Waals surface area contributed by atoms with E-state index in [0.29, 0.717) is 11.6 Å². The van der Waals surface area contributed by atoms with Gasteiger partial charge in [-0.3, -0.25) is 0 Å². The highest BCUT2D eigenvalue weighted by molar-refractivity contribution is 5.49. The molecule has 0 spiro atoms. The Morgan fingerprint density at radius 2 is 1.60 bits per heavy atom. The maximum Gasteiger partial charge on any atom is 0.160 e. The maximum absolute atomic E-state index is 13.1. The molecule has 0 saturated heterocycles. The lowest BCUT2D eigenvalue weighted by atomic mass is 9.83. The summed E-state index contributed by atoms with van der Waals surface area (Å²) in [5.41, 5.74) is 6.89. The summed E-state index contributed by atoms with van der Waals surface area (Å²) in [4.78, 5) is 0. The minimum atomic E-state index is -0.855. The zero-order valence-corrected chi connectivity index (χ0v) is 8.60. The Morgan fingerprint density at radius 1 is 1.00 bits per heavy atom. The fraction of sp³-hybridized carbons (Fsp3) is 0.500. The SMILES string of the molecule is Nc1cc(F)c(F)cc1C1CCCCC1. The largest absolute Gasteiger partial charge is 0.398 e. The predicted octanol–water partition coefficient (Wildman–Crippen LogP) is 3.59. The molecule has 1 fully saturated rings. The zero-order valence-electron chi connectivity index (χ0n) is 8.60. The summed E-state index contributed by atoms with van der Waals surface area (Å²) in [6, 6.07) is 2.36. The van der Waals surface area contributed by atoms with Gasteiger partial charge in [-0.1, -0.05) is 19.3 Å². The molecule has 2 N–H and O–H groups in total. The first-order chi connectivity index (χ1) is 7.18. The number of nitrogens with two attached hydrogens (primary N) is 1. The van der Waals surface area contributed by atoms with Gasteiger partial charge in [0.05, 0.1) is 0 Å². The Bertz CT molecular complexity index is 357. The minimum absolute atomic E-state index is 0.314. The van der Waals surface area contributed by atoms with E-state index in [9.17, 15) is 8.78 Å². The average molecular weight is 211 g/mol. The summed E-state index contributed by atoms with van der Waals surface area (Å²) in [6.07, 6.45) is 5.62. The third-order valence-corrected chi connectivity index (χ3v) is 3.17. The third kappa shape index (κ3) is 2.11. The van der Waals surface area contributed by atoms with Gasteiger partial charge in [0.2, 0.25) is 0 Å². The van der Waals surface area contributed by atoms with Crippen molar-refractivity contribution in [1.29, 1.82) is 0 Å². The van der Waals surface area contributed by atoms with Gasteiger partial charge in [-0.05, 0) is 30.4 Å². The van der Waals surface area contributed by atoms with Crippen molar-refractivity contribution in [2.45, 2.75) is 38.0 Å². The van der Waals surface area contributed by atoms with Crippen molar-refractivity contribution >= 4 is 5.69 Å². The van der Waals surface area contributed by atoms with Crippen molar-refractivity contribution in [3.8, 4) is 0 Å². The molecule has 3 heteroatoms. The molecule has 15 heavy (non-hydrogen) atoms. The van der Waals surface area contributed by atoms with Crippen molar-refractivity contribution in [2.24, 2.45) is 0 Å². The van der Waals surface area contributed by atoms with E-state index in [4.69, 9.17) is 5.73 Å². The van der Waals surface area contributed by atoms with Crippen LogP contribution in [0.15, 0.2) is 12.1 Å². The van der Waals surface area contributed by atoms with Crippen LogP contribution < -0.4 is 5.73 Å². The topological polar surface area (TPSA) is 26.0 Å². The lowest BCUT2D eigenvalue weighted by Crippen LogP contribution is -2.08. The van der Waals surface area contributed by atoms with Crippen molar-refractivity contribution in [3.05, 3.63) is 29.3 Å². The molecule has 0 atom stereocenters. The summed E-state index contributed by atoms with van der Waals surface area (Å²) in [6.45, 7) is 0. The van der Waals surface area contributed by atoms with E-state index in [1.54, 1.807) is 0 Å². The molecule has 0 heterocycles. The summed E-state index contributed by atoms with van der Waals surface area (Å²) in [5, 5.41) is 0. The van der Waals surface area contributed by atoms with Gasteiger partial charge >= 0.3 is 0 Å². The Hall–Kier alpha value is -1.12. The van der Waals surface area contributed by atoms with Gasteiger partial charge < -0.3 is 5.73 Å². The van der Waals surface area contributed by atoms with Crippen LogP contribution in [0.2, 0.25) is 0 Å². The molecule has 1 aliphatic carbocycles. The quantitative estimate of drug-likeness (QED) is 0.706. The highest BCUT2D eigenvalue weighted by Crippen LogP contribution is 2.36. The molecule has 1 aromatic carbocycles. The van der Waals surface area contributed by atoms with Gasteiger partial charge in [-0.25, -0.2) is 8.78 Å². The number of halogens is 2. The maximum atomic E-state index is 13.1. The second-order valence-electron chi connectivity index (χ2n) is 4.23. The molecule has 0 bridgehead atoms. The van der Waals surface area contributed by atoms with Crippen molar-refractivity contribution in [2.75, 3.05) is 5.73 Å². The fourth-order valence-electron chi connectivity index (χ4n) is 2.34. The van der Waals surface area contributed by atoms with E-state index in [2.05, 4.69) is 0 Å². The molecule has 1 aromatic rings. The summed E-state index contributed by atoms with van der Waals surface area (Å²) in [7, 11) is 0. The molecule has 0 amide bonds. The molecule has 0 aliphatic heterocycles. The van der Waals surface area contributed by atoms with Gasteiger partial charge in [0.1, 0.15) is 0 Å². The second kappa shape index (κ2) is 4.17. The summed E-state index contributed by atoms with van der Waals surface area (Å²) in [5.74, 6) is -1.33. The number of nitrogen functional groups attached to an aromatic ring is 1. The fourth-order valence-corrected chi connectivity index (χ4v) is 2.34. The Kier molecular flexibility index (Phi) is 2.89. The van der Waals surface area contributed by atoms with Crippen LogP contribution in [0.4, 0.5) is 14.5 Å². The zero-order chi connectivity index (χ0) is 10.8. The first-order valence-corrected chi connectivity index (χ1v) is 5.43. The number of benzene rings is 1. The first kappa shape index (κ1) is 10.4. The van der Waals surface area contributed by atoms with Crippen molar-refractivity contribution < 1.29 is 8.78 Å². The standard InChI is InChI=1S/C12H15F2N/c13-10-6-9(12(15)7-11(10)14)8-4-2-1-3-5-8/h6-8H,1-5,15H2. The molecular formula is C12H15F2N. The van der Waals surface area contributed by atoms with Crippen LogP contribution in [0.1, 0.15) is 43.6 Å². The molecule has 1 nitrogen and oxygen atoms in total.